The molecule has 1 heterocycles. The molecule has 1 aromatic carbocycles. The van der Waals surface area contributed by atoms with E-state index in [4.69, 9.17) is 15.2 Å². The van der Waals surface area contributed by atoms with Crippen LogP contribution in [0.3, 0.4) is 0 Å². The van der Waals surface area contributed by atoms with Crippen LogP contribution < -0.4 is 15.2 Å². The summed E-state index contributed by atoms with van der Waals surface area (Å²) in [6.45, 7) is 8.16. The van der Waals surface area contributed by atoms with E-state index in [1.54, 1.807) is 14.2 Å². The maximum atomic E-state index is 6.17. The van der Waals surface area contributed by atoms with Crippen LogP contribution in [0, 0.1) is 27.7 Å². The summed E-state index contributed by atoms with van der Waals surface area (Å²) >= 11 is 0. The molecule has 0 aliphatic rings. The quantitative estimate of drug-likeness (QED) is 0.879. The Morgan fingerprint density at radius 1 is 0.857 bits per heavy atom. The fourth-order valence-corrected chi connectivity index (χ4v) is 2.54. The minimum atomic E-state index is 0.455. The Labute approximate surface area is 125 Å². The average molecular weight is 287 g/mol. The van der Waals surface area contributed by atoms with Gasteiger partial charge in [0.1, 0.15) is 0 Å². The Kier molecular flexibility index (Phi) is 4.02. The topological polar surface area (TPSA) is 70.3 Å². The average Bonchev–Trinajstić information content (AvgIpc) is 2.51. The van der Waals surface area contributed by atoms with Gasteiger partial charge in [-0.3, -0.25) is 0 Å². The summed E-state index contributed by atoms with van der Waals surface area (Å²) in [5, 5.41) is 8.03. The van der Waals surface area contributed by atoms with E-state index in [0.29, 0.717) is 11.8 Å². The largest absolute Gasteiger partial charge is 0.480 e. The highest BCUT2D eigenvalue weighted by molar-refractivity contribution is 5.81. The smallest absolute Gasteiger partial charge is 0.241 e. The standard InChI is InChI=1S/C16H21N3O2/c1-8-10(3)15(17)11(4)9(2)14(8)12-7-13(20-5)18-19-16(12)21-6/h7H,17H2,1-6H3. The number of anilines is 1. The fraction of sp³-hybridized carbons (Fsp3) is 0.375. The molecule has 0 unspecified atom stereocenters. The molecule has 0 atom stereocenters. The molecular weight excluding hydrogens is 266 g/mol. The number of hydrogen-bond donors (Lipinski definition) is 1. The van der Waals surface area contributed by atoms with Crippen LogP contribution in [0.2, 0.25) is 0 Å². The van der Waals surface area contributed by atoms with Gasteiger partial charge in [-0.1, -0.05) is 0 Å². The van der Waals surface area contributed by atoms with Crippen LogP contribution in [0.25, 0.3) is 11.1 Å². The van der Waals surface area contributed by atoms with Crippen LogP contribution in [0.5, 0.6) is 11.8 Å². The van der Waals surface area contributed by atoms with E-state index in [0.717, 1.165) is 39.1 Å². The van der Waals surface area contributed by atoms with Gasteiger partial charge in [0.15, 0.2) is 0 Å². The van der Waals surface area contributed by atoms with Crippen LogP contribution >= 0.6 is 0 Å². The molecular formula is C16H21N3O2. The van der Waals surface area contributed by atoms with Gasteiger partial charge in [0, 0.05) is 11.8 Å². The van der Waals surface area contributed by atoms with Crippen LogP contribution in [-0.2, 0) is 0 Å². The van der Waals surface area contributed by atoms with E-state index in [-0.39, 0.29) is 0 Å². The van der Waals surface area contributed by atoms with Crippen LogP contribution in [0.4, 0.5) is 5.69 Å². The SMILES string of the molecule is COc1cc(-c2c(C)c(C)c(N)c(C)c2C)c(OC)nn1. The molecule has 0 aliphatic heterocycles. The molecule has 0 spiro atoms. The van der Waals surface area contributed by atoms with Crippen molar-refractivity contribution in [1.82, 2.24) is 10.2 Å². The van der Waals surface area contributed by atoms with Crippen molar-refractivity contribution in [3.8, 4) is 22.9 Å². The summed E-state index contributed by atoms with van der Waals surface area (Å²) in [4.78, 5) is 0. The lowest BCUT2D eigenvalue weighted by atomic mass is 9.89. The molecule has 1 aromatic heterocycles. The third kappa shape index (κ3) is 2.39. The maximum Gasteiger partial charge on any atom is 0.241 e. The summed E-state index contributed by atoms with van der Waals surface area (Å²) in [7, 11) is 3.15. The lowest BCUT2D eigenvalue weighted by molar-refractivity contribution is 0.369. The Morgan fingerprint density at radius 3 is 1.90 bits per heavy atom. The number of nitrogens with zero attached hydrogens (tertiary/aromatic N) is 2. The number of benzene rings is 1. The number of ether oxygens (including phenoxy) is 2. The van der Waals surface area contributed by atoms with Gasteiger partial charge in [0.2, 0.25) is 11.8 Å². The van der Waals surface area contributed by atoms with Gasteiger partial charge < -0.3 is 15.2 Å². The van der Waals surface area contributed by atoms with Crippen LogP contribution in [0.1, 0.15) is 22.3 Å². The Balaban J connectivity index is 2.84. The first-order valence-corrected chi connectivity index (χ1v) is 6.74. The van der Waals surface area contributed by atoms with Gasteiger partial charge in [-0.25, -0.2) is 0 Å². The fourth-order valence-electron chi connectivity index (χ4n) is 2.54. The van der Waals surface area contributed by atoms with Crippen molar-refractivity contribution in [3.05, 3.63) is 28.3 Å². The van der Waals surface area contributed by atoms with Crippen LogP contribution in [-0.4, -0.2) is 24.4 Å². The van der Waals surface area contributed by atoms with Crippen molar-refractivity contribution >= 4 is 5.69 Å². The molecule has 0 saturated heterocycles. The molecule has 0 aliphatic carbocycles. The summed E-state index contributed by atoms with van der Waals surface area (Å²) in [6, 6.07) is 1.84. The minimum Gasteiger partial charge on any atom is -0.480 e. The molecule has 5 heteroatoms. The molecule has 21 heavy (non-hydrogen) atoms. The highest BCUT2D eigenvalue weighted by Crippen LogP contribution is 2.39. The first-order chi connectivity index (χ1) is 9.92. The second kappa shape index (κ2) is 5.60. The molecule has 2 aromatic rings. The minimum absolute atomic E-state index is 0.455. The molecule has 2 rings (SSSR count). The summed E-state index contributed by atoms with van der Waals surface area (Å²) < 4.78 is 10.5. The lowest BCUT2D eigenvalue weighted by Crippen LogP contribution is -2.04. The maximum absolute atomic E-state index is 6.17. The van der Waals surface area contributed by atoms with E-state index in [9.17, 15) is 0 Å². The second-order valence-electron chi connectivity index (χ2n) is 5.10. The zero-order chi connectivity index (χ0) is 15.7. The van der Waals surface area contributed by atoms with E-state index < -0.39 is 0 Å². The van der Waals surface area contributed by atoms with Crippen molar-refractivity contribution in [2.45, 2.75) is 27.7 Å². The zero-order valence-corrected chi connectivity index (χ0v) is 13.4. The van der Waals surface area contributed by atoms with Gasteiger partial charge >= 0.3 is 0 Å². The predicted molar refractivity (Wildman–Crippen MR) is 83.9 cm³/mol. The van der Waals surface area contributed by atoms with Gasteiger partial charge in [-0.05, 0) is 55.5 Å². The first-order valence-electron chi connectivity index (χ1n) is 6.74. The van der Waals surface area contributed by atoms with Crippen molar-refractivity contribution in [3.63, 3.8) is 0 Å². The van der Waals surface area contributed by atoms with E-state index in [1.165, 1.54) is 0 Å². The summed E-state index contributed by atoms with van der Waals surface area (Å²) in [5.41, 5.74) is 13.3. The Hall–Kier alpha value is -2.30. The molecule has 112 valence electrons. The molecule has 5 nitrogen and oxygen atoms in total. The lowest BCUT2D eigenvalue weighted by Gasteiger charge is -2.19. The number of methoxy groups -OCH3 is 2. The Bertz CT molecular complexity index is 667. The highest BCUT2D eigenvalue weighted by atomic mass is 16.5. The molecule has 0 saturated carbocycles. The third-order valence-corrected chi connectivity index (χ3v) is 4.09. The van der Waals surface area contributed by atoms with Crippen molar-refractivity contribution in [1.29, 1.82) is 0 Å². The molecule has 2 N–H and O–H groups in total. The highest BCUT2D eigenvalue weighted by Gasteiger charge is 2.19. The number of rotatable bonds is 3. The molecule has 0 bridgehead atoms. The zero-order valence-electron chi connectivity index (χ0n) is 13.4. The number of nitrogens with two attached hydrogens (primary N) is 1. The Morgan fingerprint density at radius 2 is 1.43 bits per heavy atom. The number of hydrogen-bond acceptors (Lipinski definition) is 5. The summed E-state index contributed by atoms with van der Waals surface area (Å²) in [6.07, 6.45) is 0. The first kappa shape index (κ1) is 15.1. The predicted octanol–water partition coefficient (Wildman–Crippen LogP) is 2.98. The van der Waals surface area contributed by atoms with Gasteiger partial charge in [-0.15, -0.1) is 10.2 Å². The van der Waals surface area contributed by atoms with E-state index in [1.807, 2.05) is 19.9 Å². The van der Waals surface area contributed by atoms with Crippen molar-refractivity contribution in [2.75, 3.05) is 20.0 Å². The third-order valence-electron chi connectivity index (χ3n) is 4.09. The van der Waals surface area contributed by atoms with Gasteiger partial charge in [0.05, 0.1) is 19.8 Å². The summed E-state index contributed by atoms with van der Waals surface area (Å²) in [5.74, 6) is 0.933. The number of nitrogen functional groups attached to an aromatic ring is 1. The van der Waals surface area contributed by atoms with E-state index in [2.05, 4.69) is 24.0 Å². The van der Waals surface area contributed by atoms with Crippen molar-refractivity contribution < 1.29 is 9.47 Å². The molecule has 0 radical (unpaired) electrons. The monoisotopic (exact) mass is 287 g/mol. The van der Waals surface area contributed by atoms with Crippen LogP contribution in [0.15, 0.2) is 6.07 Å². The molecule has 0 amide bonds. The van der Waals surface area contributed by atoms with Crippen molar-refractivity contribution in [2.24, 2.45) is 0 Å². The normalized spacial score (nSPS) is 10.6. The number of aromatic nitrogens is 2. The molecule has 0 fully saturated rings. The second-order valence-corrected chi connectivity index (χ2v) is 5.10. The van der Waals surface area contributed by atoms with E-state index >= 15 is 0 Å². The van der Waals surface area contributed by atoms with Gasteiger partial charge in [-0.2, -0.15) is 0 Å². The van der Waals surface area contributed by atoms with Gasteiger partial charge in [0.25, 0.3) is 0 Å².